The van der Waals surface area contributed by atoms with Gasteiger partial charge in [-0.1, -0.05) is 13.8 Å². The Labute approximate surface area is 115 Å². The largest absolute Gasteiger partial charge is 0.464 e. The molecule has 2 unspecified atom stereocenters. The Hall–Kier alpha value is -1.29. The zero-order valence-electron chi connectivity index (χ0n) is 12.4. The van der Waals surface area contributed by atoms with E-state index < -0.39 is 0 Å². The molecule has 1 amide bonds. The van der Waals surface area contributed by atoms with Gasteiger partial charge in [0.2, 0.25) is 5.91 Å². The van der Waals surface area contributed by atoms with E-state index in [2.05, 4.69) is 19.2 Å². The first-order chi connectivity index (χ1) is 8.92. The van der Waals surface area contributed by atoms with Crippen molar-refractivity contribution >= 4 is 5.91 Å². The van der Waals surface area contributed by atoms with E-state index in [1.54, 1.807) is 0 Å². The van der Waals surface area contributed by atoms with Crippen LogP contribution in [0.15, 0.2) is 16.5 Å². The predicted molar refractivity (Wildman–Crippen MR) is 76.6 cm³/mol. The summed E-state index contributed by atoms with van der Waals surface area (Å²) < 4.78 is 5.50. The molecule has 3 N–H and O–H groups in total. The standard InChI is InChI=1S/C15H26N2O2/c1-10(2)7-13(9-16)8-15(18)17-12(4)14-6-5-11(3)19-14/h5-6,10,12-13H,7-9,16H2,1-4H3,(H,17,18). The smallest absolute Gasteiger partial charge is 0.220 e. The molecule has 108 valence electrons. The molecule has 1 heterocycles. The number of hydrogen-bond acceptors (Lipinski definition) is 3. The zero-order valence-corrected chi connectivity index (χ0v) is 12.4. The van der Waals surface area contributed by atoms with Crippen molar-refractivity contribution in [2.24, 2.45) is 17.6 Å². The van der Waals surface area contributed by atoms with Crippen LogP contribution in [0.1, 0.15) is 51.2 Å². The number of hydrogen-bond donors (Lipinski definition) is 2. The Morgan fingerprint density at radius 2 is 2.05 bits per heavy atom. The third kappa shape index (κ3) is 5.47. The van der Waals surface area contributed by atoms with Gasteiger partial charge in [0.05, 0.1) is 6.04 Å². The molecule has 0 saturated heterocycles. The Balaban J connectivity index is 2.45. The molecule has 4 nitrogen and oxygen atoms in total. The van der Waals surface area contributed by atoms with Gasteiger partial charge in [0.25, 0.3) is 0 Å². The minimum absolute atomic E-state index is 0.0395. The number of carbonyl (C=O) groups is 1. The van der Waals surface area contributed by atoms with Gasteiger partial charge < -0.3 is 15.5 Å². The van der Waals surface area contributed by atoms with Crippen LogP contribution in [0.5, 0.6) is 0 Å². The second-order valence-electron chi connectivity index (χ2n) is 5.67. The van der Waals surface area contributed by atoms with Gasteiger partial charge in [-0.2, -0.15) is 0 Å². The average Bonchev–Trinajstić information content (AvgIpc) is 2.74. The topological polar surface area (TPSA) is 68.3 Å². The van der Waals surface area contributed by atoms with Gasteiger partial charge in [0.1, 0.15) is 11.5 Å². The van der Waals surface area contributed by atoms with Gasteiger partial charge in [-0.25, -0.2) is 0 Å². The summed E-state index contributed by atoms with van der Waals surface area (Å²) in [6.45, 7) is 8.67. The minimum atomic E-state index is -0.0984. The molecule has 0 fully saturated rings. The van der Waals surface area contributed by atoms with Gasteiger partial charge >= 0.3 is 0 Å². The Kier molecular flexibility index (Phi) is 6.09. The van der Waals surface area contributed by atoms with Crippen molar-refractivity contribution in [2.75, 3.05) is 6.54 Å². The third-order valence-corrected chi connectivity index (χ3v) is 3.18. The van der Waals surface area contributed by atoms with Crippen molar-refractivity contribution in [3.63, 3.8) is 0 Å². The summed E-state index contributed by atoms with van der Waals surface area (Å²) in [4.78, 5) is 12.0. The predicted octanol–water partition coefficient (Wildman–Crippen LogP) is 2.78. The average molecular weight is 266 g/mol. The Morgan fingerprint density at radius 3 is 2.53 bits per heavy atom. The Morgan fingerprint density at radius 1 is 1.37 bits per heavy atom. The lowest BCUT2D eigenvalue weighted by Gasteiger charge is -2.18. The highest BCUT2D eigenvalue weighted by Crippen LogP contribution is 2.18. The lowest BCUT2D eigenvalue weighted by Crippen LogP contribution is -2.30. The highest BCUT2D eigenvalue weighted by Gasteiger charge is 2.17. The second kappa shape index (κ2) is 7.34. The summed E-state index contributed by atoms with van der Waals surface area (Å²) in [5.74, 6) is 2.50. The first-order valence-corrected chi connectivity index (χ1v) is 6.98. The van der Waals surface area contributed by atoms with Crippen LogP contribution in [0.25, 0.3) is 0 Å². The van der Waals surface area contributed by atoms with E-state index in [9.17, 15) is 4.79 Å². The molecular weight excluding hydrogens is 240 g/mol. The fourth-order valence-corrected chi connectivity index (χ4v) is 2.25. The molecule has 0 aliphatic rings. The van der Waals surface area contributed by atoms with Crippen LogP contribution in [0.4, 0.5) is 0 Å². The van der Waals surface area contributed by atoms with Crippen LogP contribution >= 0.6 is 0 Å². The van der Waals surface area contributed by atoms with E-state index in [-0.39, 0.29) is 17.9 Å². The van der Waals surface area contributed by atoms with Gasteiger partial charge in [-0.05, 0) is 50.8 Å². The van der Waals surface area contributed by atoms with Crippen molar-refractivity contribution < 1.29 is 9.21 Å². The molecule has 19 heavy (non-hydrogen) atoms. The number of aryl methyl sites for hydroxylation is 1. The number of furan rings is 1. The van der Waals surface area contributed by atoms with Crippen LogP contribution in [-0.4, -0.2) is 12.5 Å². The first kappa shape index (κ1) is 15.8. The van der Waals surface area contributed by atoms with Gasteiger partial charge in [-0.3, -0.25) is 4.79 Å². The maximum Gasteiger partial charge on any atom is 0.220 e. The van der Waals surface area contributed by atoms with Crippen LogP contribution in [-0.2, 0) is 4.79 Å². The number of nitrogens with two attached hydrogens (primary N) is 1. The molecule has 0 aromatic carbocycles. The molecule has 0 aliphatic heterocycles. The summed E-state index contributed by atoms with van der Waals surface area (Å²) in [6, 6.07) is 3.70. The Bertz CT molecular complexity index is 399. The van der Waals surface area contributed by atoms with E-state index in [1.165, 1.54) is 0 Å². The van der Waals surface area contributed by atoms with Crippen LogP contribution in [0.3, 0.4) is 0 Å². The highest BCUT2D eigenvalue weighted by molar-refractivity contribution is 5.76. The van der Waals surface area contributed by atoms with Crippen molar-refractivity contribution in [3.05, 3.63) is 23.7 Å². The summed E-state index contributed by atoms with van der Waals surface area (Å²) in [7, 11) is 0. The lowest BCUT2D eigenvalue weighted by molar-refractivity contribution is -0.122. The van der Waals surface area contributed by atoms with E-state index in [0.717, 1.165) is 17.9 Å². The van der Waals surface area contributed by atoms with Crippen molar-refractivity contribution in [1.82, 2.24) is 5.32 Å². The molecule has 0 bridgehead atoms. The normalized spacial score (nSPS) is 14.4. The molecular formula is C15H26N2O2. The van der Waals surface area contributed by atoms with Gasteiger partial charge in [0.15, 0.2) is 0 Å². The van der Waals surface area contributed by atoms with Crippen LogP contribution in [0, 0.1) is 18.8 Å². The first-order valence-electron chi connectivity index (χ1n) is 6.98. The quantitative estimate of drug-likeness (QED) is 0.797. The van der Waals surface area contributed by atoms with E-state index in [1.807, 2.05) is 26.0 Å². The summed E-state index contributed by atoms with van der Waals surface area (Å²) in [5, 5.41) is 2.96. The lowest BCUT2D eigenvalue weighted by atomic mass is 9.94. The molecule has 4 heteroatoms. The maximum atomic E-state index is 12.0. The second-order valence-corrected chi connectivity index (χ2v) is 5.67. The van der Waals surface area contributed by atoms with Crippen LogP contribution < -0.4 is 11.1 Å². The van der Waals surface area contributed by atoms with E-state index >= 15 is 0 Å². The minimum Gasteiger partial charge on any atom is -0.464 e. The van der Waals surface area contributed by atoms with Gasteiger partial charge in [0, 0.05) is 6.42 Å². The molecule has 0 radical (unpaired) electrons. The highest BCUT2D eigenvalue weighted by atomic mass is 16.3. The fourth-order valence-electron chi connectivity index (χ4n) is 2.25. The van der Waals surface area contributed by atoms with Crippen molar-refractivity contribution in [1.29, 1.82) is 0 Å². The van der Waals surface area contributed by atoms with E-state index in [4.69, 9.17) is 10.2 Å². The summed E-state index contributed by atoms with van der Waals surface area (Å²) >= 11 is 0. The number of nitrogens with one attached hydrogen (secondary N) is 1. The maximum absolute atomic E-state index is 12.0. The molecule has 0 spiro atoms. The van der Waals surface area contributed by atoms with E-state index in [0.29, 0.717) is 18.9 Å². The summed E-state index contributed by atoms with van der Waals surface area (Å²) in [6.07, 6.45) is 1.47. The zero-order chi connectivity index (χ0) is 14.4. The summed E-state index contributed by atoms with van der Waals surface area (Å²) in [5.41, 5.74) is 5.72. The number of carbonyl (C=O) groups excluding carboxylic acids is 1. The number of rotatable bonds is 7. The number of amides is 1. The molecule has 0 aliphatic carbocycles. The van der Waals surface area contributed by atoms with Crippen LogP contribution in [0.2, 0.25) is 0 Å². The van der Waals surface area contributed by atoms with Crippen molar-refractivity contribution in [3.8, 4) is 0 Å². The fraction of sp³-hybridized carbons (Fsp3) is 0.667. The molecule has 0 saturated carbocycles. The monoisotopic (exact) mass is 266 g/mol. The third-order valence-electron chi connectivity index (χ3n) is 3.18. The SMILES string of the molecule is Cc1ccc(C(C)NC(=O)CC(CN)CC(C)C)o1. The van der Waals surface area contributed by atoms with Crippen molar-refractivity contribution in [2.45, 2.75) is 46.6 Å². The molecule has 1 aromatic heterocycles. The molecule has 2 atom stereocenters. The molecule has 1 rings (SSSR count). The molecule has 1 aromatic rings. The van der Waals surface area contributed by atoms with Gasteiger partial charge in [-0.15, -0.1) is 0 Å².